The van der Waals surface area contributed by atoms with Gasteiger partial charge in [0.2, 0.25) is 0 Å². The van der Waals surface area contributed by atoms with Crippen molar-refractivity contribution in [3.8, 4) is 11.3 Å². The number of aryl methyl sites for hydroxylation is 1. The number of hydrogen-bond acceptors (Lipinski definition) is 2. The quantitative estimate of drug-likeness (QED) is 0.641. The van der Waals surface area contributed by atoms with Crippen LogP contribution < -0.4 is 5.36 Å². The molecule has 0 spiro atoms. The number of pyridine rings is 1. The number of nitrogens with one attached hydrogen (secondary N) is 1. The molecular formula is C10H9ClN2O. The smallest absolute Gasteiger partial charge is 0.0890 e. The van der Waals surface area contributed by atoms with Crippen LogP contribution in [0.25, 0.3) is 11.3 Å². The first-order valence-corrected chi connectivity index (χ1v) is 4.53. The van der Waals surface area contributed by atoms with Crippen molar-refractivity contribution in [2.75, 3.05) is 0 Å². The molecule has 0 bridgehead atoms. The SMILES string of the molecule is Cc1ccn(O)c2ccc(Cl)c(=N)c1-2. The van der Waals surface area contributed by atoms with Crippen molar-refractivity contribution in [3.05, 3.63) is 40.3 Å². The molecule has 0 atom stereocenters. The highest BCUT2D eigenvalue weighted by Crippen LogP contribution is 2.22. The van der Waals surface area contributed by atoms with Crippen LogP contribution in [0.15, 0.2) is 24.4 Å². The Morgan fingerprint density at radius 2 is 2.07 bits per heavy atom. The lowest BCUT2D eigenvalue weighted by Gasteiger charge is -2.12. The first-order chi connectivity index (χ1) is 6.61. The fraction of sp³-hybridized carbons (Fsp3) is 0.100. The van der Waals surface area contributed by atoms with Crippen LogP contribution in [0, 0.1) is 12.3 Å². The van der Waals surface area contributed by atoms with Gasteiger partial charge in [-0.05, 0) is 30.7 Å². The minimum atomic E-state index is 0.255. The summed E-state index contributed by atoms with van der Waals surface area (Å²) in [6.07, 6.45) is 1.55. The summed E-state index contributed by atoms with van der Waals surface area (Å²) < 4.78 is 0.997. The molecule has 72 valence electrons. The Hall–Kier alpha value is -1.48. The maximum absolute atomic E-state index is 9.50. The van der Waals surface area contributed by atoms with Gasteiger partial charge in [0.1, 0.15) is 0 Å². The van der Waals surface area contributed by atoms with Gasteiger partial charge in [0, 0.05) is 11.8 Å². The maximum atomic E-state index is 9.50. The Morgan fingerprint density at radius 1 is 1.36 bits per heavy atom. The van der Waals surface area contributed by atoms with Crippen LogP contribution in [-0.2, 0) is 0 Å². The van der Waals surface area contributed by atoms with E-state index in [1.54, 1.807) is 24.4 Å². The Balaban J connectivity index is 2.99. The monoisotopic (exact) mass is 208 g/mol. The molecule has 1 aliphatic carbocycles. The van der Waals surface area contributed by atoms with E-state index in [9.17, 15) is 5.21 Å². The Labute approximate surface area is 86.0 Å². The van der Waals surface area contributed by atoms with Crippen LogP contribution in [0.4, 0.5) is 0 Å². The molecule has 0 aromatic heterocycles. The van der Waals surface area contributed by atoms with Gasteiger partial charge >= 0.3 is 0 Å². The van der Waals surface area contributed by atoms with E-state index in [1.165, 1.54) is 0 Å². The Bertz CT molecular complexity index is 518. The van der Waals surface area contributed by atoms with Gasteiger partial charge in [-0.15, -0.1) is 0 Å². The van der Waals surface area contributed by atoms with E-state index >= 15 is 0 Å². The molecule has 1 heterocycles. The minimum absolute atomic E-state index is 0.255. The summed E-state index contributed by atoms with van der Waals surface area (Å²) in [6.45, 7) is 1.89. The van der Waals surface area contributed by atoms with Gasteiger partial charge in [0.25, 0.3) is 0 Å². The molecule has 0 amide bonds. The van der Waals surface area contributed by atoms with E-state index in [1.807, 2.05) is 6.92 Å². The van der Waals surface area contributed by atoms with Crippen LogP contribution in [-0.4, -0.2) is 9.94 Å². The maximum Gasteiger partial charge on any atom is 0.0890 e. The highest BCUT2D eigenvalue weighted by atomic mass is 35.5. The first kappa shape index (κ1) is 9.09. The number of fused-ring (bicyclic) bond motifs is 1. The third kappa shape index (κ3) is 1.17. The van der Waals surface area contributed by atoms with Crippen LogP contribution in [0.2, 0.25) is 5.02 Å². The minimum Gasteiger partial charge on any atom is -0.428 e. The van der Waals surface area contributed by atoms with Crippen molar-refractivity contribution < 1.29 is 5.21 Å². The van der Waals surface area contributed by atoms with Crippen LogP contribution >= 0.6 is 11.6 Å². The van der Waals surface area contributed by atoms with Gasteiger partial charge < -0.3 is 5.21 Å². The van der Waals surface area contributed by atoms with Crippen molar-refractivity contribution in [2.45, 2.75) is 6.92 Å². The summed E-state index contributed by atoms with van der Waals surface area (Å²) in [5.41, 5.74) is 2.21. The zero-order valence-corrected chi connectivity index (χ0v) is 8.34. The second-order valence-corrected chi connectivity index (χ2v) is 3.57. The Morgan fingerprint density at radius 3 is 2.79 bits per heavy atom. The molecule has 0 saturated heterocycles. The largest absolute Gasteiger partial charge is 0.428 e. The lowest BCUT2D eigenvalue weighted by molar-refractivity contribution is 0.189. The fourth-order valence-corrected chi connectivity index (χ4v) is 1.66. The normalized spacial score (nSPS) is 10.7. The van der Waals surface area contributed by atoms with Crippen LogP contribution in [0.5, 0.6) is 0 Å². The van der Waals surface area contributed by atoms with Gasteiger partial charge in [0.15, 0.2) is 0 Å². The summed E-state index contributed by atoms with van der Waals surface area (Å²) in [7, 11) is 0. The molecule has 0 unspecified atom stereocenters. The van der Waals surface area contributed by atoms with Crippen LogP contribution in [0.1, 0.15) is 5.56 Å². The number of nitrogens with zero attached hydrogens (tertiary/aromatic N) is 1. The summed E-state index contributed by atoms with van der Waals surface area (Å²) in [5.74, 6) is 0. The predicted octanol–water partition coefficient (Wildman–Crippen LogP) is 2.27. The van der Waals surface area contributed by atoms with Crippen molar-refractivity contribution in [1.82, 2.24) is 4.73 Å². The second-order valence-electron chi connectivity index (χ2n) is 3.16. The number of benzene rings is 1. The van der Waals surface area contributed by atoms with Crippen molar-refractivity contribution >= 4 is 11.6 Å². The summed E-state index contributed by atoms with van der Waals surface area (Å²) in [4.78, 5) is 0. The third-order valence-corrected chi connectivity index (χ3v) is 2.55. The van der Waals surface area contributed by atoms with E-state index in [-0.39, 0.29) is 5.36 Å². The summed E-state index contributed by atoms with van der Waals surface area (Å²) in [5, 5.41) is 17.9. The molecular weight excluding hydrogens is 200 g/mol. The zero-order valence-electron chi connectivity index (χ0n) is 7.58. The summed E-state index contributed by atoms with van der Waals surface area (Å²) >= 11 is 5.83. The van der Waals surface area contributed by atoms with Gasteiger partial charge in [0.05, 0.1) is 16.1 Å². The molecule has 2 aliphatic rings. The van der Waals surface area contributed by atoms with Gasteiger partial charge in [-0.1, -0.05) is 11.6 Å². The number of rotatable bonds is 0. The van der Waals surface area contributed by atoms with Crippen molar-refractivity contribution in [2.24, 2.45) is 0 Å². The topological polar surface area (TPSA) is 49.0 Å². The molecule has 0 radical (unpaired) electrons. The molecule has 0 fully saturated rings. The molecule has 4 heteroatoms. The fourth-order valence-electron chi connectivity index (χ4n) is 1.50. The van der Waals surface area contributed by atoms with E-state index in [2.05, 4.69) is 0 Å². The first-order valence-electron chi connectivity index (χ1n) is 4.15. The van der Waals surface area contributed by atoms with Crippen LogP contribution in [0.3, 0.4) is 0 Å². The van der Waals surface area contributed by atoms with Gasteiger partial charge in [-0.3, -0.25) is 5.41 Å². The van der Waals surface area contributed by atoms with Crippen molar-refractivity contribution in [1.29, 1.82) is 5.41 Å². The molecule has 1 aliphatic heterocycles. The molecule has 2 N–H and O–H groups in total. The third-order valence-electron chi connectivity index (χ3n) is 2.24. The predicted molar refractivity (Wildman–Crippen MR) is 53.8 cm³/mol. The molecule has 0 aromatic carbocycles. The zero-order chi connectivity index (χ0) is 10.3. The van der Waals surface area contributed by atoms with Gasteiger partial charge in [-0.2, -0.15) is 4.73 Å². The van der Waals surface area contributed by atoms with E-state index < -0.39 is 0 Å². The highest BCUT2D eigenvalue weighted by Gasteiger charge is 2.11. The highest BCUT2D eigenvalue weighted by molar-refractivity contribution is 6.30. The van der Waals surface area contributed by atoms with Gasteiger partial charge in [-0.25, -0.2) is 0 Å². The van der Waals surface area contributed by atoms with E-state index in [0.29, 0.717) is 16.3 Å². The van der Waals surface area contributed by atoms with E-state index in [0.717, 1.165) is 10.3 Å². The molecule has 0 saturated carbocycles. The van der Waals surface area contributed by atoms with Crippen molar-refractivity contribution in [3.63, 3.8) is 0 Å². The lowest BCUT2D eigenvalue weighted by atomic mass is 10.0. The molecule has 3 nitrogen and oxygen atoms in total. The Kier molecular flexibility index (Phi) is 1.97. The average molecular weight is 209 g/mol. The number of halogens is 1. The standard InChI is InChI=1S/C10H9ClN2O/c1-6-4-5-13(14)8-3-2-7(11)10(12)9(6)8/h2-5,12,14H,1H3. The molecule has 2 rings (SSSR count). The molecule has 0 aromatic rings. The second kappa shape index (κ2) is 3.03. The summed E-state index contributed by atoms with van der Waals surface area (Å²) in [6, 6.07) is 5.05. The average Bonchev–Trinajstić information content (AvgIpc) is 2.16. The lowest BCUT2D eigenvalue weighted by Crippen LogP contribution is -2.12. The van der Waals surface area contributed by atoms with E-state index in [4.69, 9.17) is 17.0 Å². The molecule has 14 heavy (non-hydrogen) atoms. The number of hydrogen-bond donors (Lipinski definition) is 2. The number of aromatic nitrogens is 1.